The van der Waals surface area contributed by atoms with Crippen molar-refractivity contribution in [2.75, 3.05) is 19.3 Å². The summed E-state index contributed by atoms with van der Waals surface area (Å²) in [6.45, 7) is 3.04. The molecule has 1 atom stereocenters. The number of nitrogens with one attached hydrogen (secondary N) is 1. The van der Waals surface area contributed by atoms with Crippen molar-refractivity contribution in [3.63, 3.8) is 0 Å². The molecule has 0 aliphatic carbocycles. The Balaban J connectivity index is 2.34. The first-order valence-corrected chi connectivity index (χ1v) is 7.53. The lowest BCUT2D eigenvalue weighted by Gasteiger charge is -2.33. The molecule has 16 heavy (non-hydrogen) atoms. The van der Waals surface area contributed by atoms with Crippen LogP contribution >= 0.6 is 0 Å². The van der Waals surface area contributed by atoms with Crippen molar-refractivity contribution >= 4 is 15.9 Å². The molecule has 0 aromatic carbocycles. The lowest BCUT2D eigenvalue weighted by molar-refractivity contribution is -0.134. The summed E-state index contributed by atoms with van der Waals surface area (Å²) in [5, 5.41) is 0. The van der Waals surface area contributed by atoms with Crippen LogP contribution in [0.25, 0.3) is 0 Å². The van der Waals surface area contributed by atoms with E-state index in [0.717, 1.165) is 25.6 Å². The standard InChI is InChI=1S/C10H20N2O3S/c1-9-5-3-4-8-12(9)10(13)6-7-11-16(2,14)15/h9,11H,3-8H2,1-2H3/t9-/m1/s1. The average Bonchev–Trinajstić information content (AvgIpc) is 2.16. The van der Waals surface area contributed by atoms with E-state index in [4.69, 9.17) is 0 Å². The second-order valence-corrected chi connectivity index (χ2v) is 6.18. The van der Waals surface area contributed by atoms with Gasteiger partial charge in [-0.1, -0.05) is 0 Å². The summed E-state index contributed by atoms with van der Waals surface area (Å²) in [5.41, 5.74) is 0. The number of hydrogen-bond donors (Lipinski definition) is 1. The first-order chi connectivity index (χ1) is 7.40. The molecule has 1 N–H and O–H groups in total. The zero-order valence-electron chi connectivity index (χ0n) is 9.90. The predicted molar refractivity (Wildman–Crippen MR) is 62.5 cm³/mol. The van der Waals surface area contributed by atoms with Crippen LogP contribution in [0.15, 0.2) is 0 Å². The van der Waals surface area contributed by atoms with Gasteiger partial charge in [-0.3, -0.25) is 4.79 Å². The summed E-state index contributed by atoms with van der Waals surface area (Å²) in [6.07, 6.45) is 4.62. The normalized spacial score (nSPS) is 22.1. The lowest BCUT2D eigenvalue weighted by Crippen LogP contribution is -2.43. The highest BCUT2D eigenvalue weighted by Gasteiger charge is 2.22. The molecule has 0 aromatic heterocycles. The van der Waals surface area contributed by atoms with Crippen LogP contribution in [-0.2, 0) is 14.8 Å². The summed E-state index contributed by atoms with van der Waals surface area (Å²) in [4.78, 5) is 13.6. The van der Waals surface area contributed by atoms with Gasteiger partial charge in [0.05, 0.1) is 6.26 Å². The van der Waals surface area contributed by atoms with Crippen LogP contribution in [0.5, 0.6) is 0 Å². The van der Waals surface area contributed by atoms with Gasteiger partial charge in [0.15, 0.2) is 0 Å². The lowest BCUT2D eigenvalue weighted by atomic mass is 10.0. The van der Waals surface area contributed by atoms with Crippen molar-refractivity contribution in [2.45, 2.75) is 38.6 Å². The van der Waals surface area contributed by atoms with E-state index in [1.165, 1.54) is 6.42 Å². The van der Waals surface area contributed by atoms with E-state index in [9.17, 15) is 13.2 Å². The second kappa shape index (κ2) is 5.63. The maximum atomic E-state index is 11.8. The molecule has 0 unspecified atom stereocenters. The number of rotatable bonds is 4. The smallest absolute Gasteiger partial charge is 0.224 e. The Morgan fingerprint density at radius 1 is 1.44 bits per heavy atom. The molecule has 0 spiro atoms. The Morgan fingerprint density at radius 3 is 2.69 bits per heavy atom. The SMILES string of the molecule is C[C@@H]1CCCCN1C(=O)CCNS(C)(=O)=O. The topological polar surface area (TPSA) is 66.5 Å². The van der Waals surface area contributed by atoms with Gasteiger partial charge in [-0.2, -0.15) is 0 Å². The molecule has 1 amide bonds. The minimum Gasteiger partial charge on any atom is -0.340 e. The van der Waals surface area contributed by atoms with Gasteiger partial charge in [0.2, 0.25) is 15.9 Å². The summed E-state index contributed by atoms with van der Waals surface area (Å²) in [7, 11) is -3.18. The highest BCUT2D eigenvalue weighted by atomic mass is 32.2. The van der Waals surface area contributed by atoms with Crippen molar-refractivity contribution in [2.24, 2.45) is 0 Å². The Morgan fingerprint density at radius 2 is 2.12 bits per heavy atom. The van der Waals surface area contributed by atoms with Gasteiger partial charge < -0.3 is 4.90 Å². The number of carbonyl (C=O) groups excluding carboxylic acids is 1. The molecular formula is C10H20N2O3S. The Hall–Kier alpha value is -0.620. The van der Waals surface area contributed by atoms with E-state index >= 15 is 0 Å². The van der Waals surface area contributed by atoms with Crippen LogP contribution in [0.2, 0.25) is 0 Å². The summed E-state index contributed by atoms with van der Waals surface area (Å²) in [5.74, 6) is 0.0448. The number of sulfonamides is 1. The van der Waals surface area contributed by atoms with Crippen LogP contribution < -0.4 is 4.72 Å². The molecule has 1 heterocycles. The zero-order valence-corrected chi connectivity index (χ0v) is 10.7. The first-order valence-electron chi connectivity index (χ1n) is 5.64. The molecule has 94 valence electrons. The van der Waals surface area contributed by atoms with E-state index in [1.807, 2.05) is 11.8 Å². The first kappa shape index (κ1) is 13.4. The predicted octanol–water partition coefficient (Wildman–Crippen LogP) is 0.327. The quantitative estimate of drug-likeness (QED) is 0.779. The Labute approximate surface area is 97.2 Å². The van der Waals surface area contributed by atoms with E-state index in [-0.39, 0.29) is 18.9 Å². The fraction of sp³-hybridized carbons (Fsp3) is 0.900. The number of hydrogen-bond acceptors (Lipinski definition) is 3. The molecule has 6 heteroatoms. The summed E-state index contributed by atoms with van der Waals surface area (Å²) in [6, 6.07) is 0.291. The fourth-order valence-corrected chi connectivity index (χ4v) is 2.43. The third-order valence-electron chi connectivity index (χ3n) is 2.83. The number of piperidine rings is 1. The van der Waals surface area contributed by atoms with Crippen molar-refractivity contribution < 1.29 is 13.2 Å². The van der Waals surface area contributed by atoms with Gasteiger partial charge in [-0.25, -0.2) is 13.1 Å². The van der Waals surface area contributed by atoms with Crippen molar-refractivity contribution in [3.05, 3.63) is 0 Å². The van der Waals surface area contributed by atoms with Crippen LogP contribution in [0, 0.1) is 0 Å². The Kier molecular flexibility index (Phi) is 4.73. The number of carbonyl (C=O) groups is 1. The molecule has 0 radical (unpaired) electrons. The molecule has 0 saturated carbocycles. The van der Waals surface area contributed by atoms with Crippen LogP contribution in [-0.4, -0.2) is 44.6 Å². The zero-order chi connectivity index (χ0) is 12.2. The molecule has 1 aliphatic heterocycles. The number of likely N-dealkylation sites (tertiary alicyclic amines) is 1. The van der Waals surface area contributed by atoms with Gasteiger partial charge >= 0.3 is 0 Å². The minimum absolute atomic E-state index is 0.0448. The Bertz CT molecular complexity index is 340. The molecule has 0 bridgehead atoms. The maximum Gasteiger partial charge on any atom is 0.224 e. The molecular weight excluding hydrogens is 228 g/mol. The third-order valence-corrected chi connectivity index (χ3v) is 3.55. The van der Waals surface area contributed by atoms with Crippen molar-refractivity contribution in [3.8, 4) is 0 Å². The van der Waals surface area contributed by atoms with Gasteiger partial charge in [0.1, 0.15) is 0 Å². The highest BCUT2D eigenvalue weighted by molar-refractivity contribution is 7.88. The number of nitrogens with zero attached hydrogens (tertiary/aromatic N) is 1. The molecule has 5 nitrogen and oxygen atoms in total. The molecule has 1 rings (SSSR count). The fourth-order valence-electron chi connectivity index (χ4n) is 1.96. The largest absolute Gasteiger partial charge is 0.340 e. The van der Waals surface area contributed by atoms with Crippen LogP contribution in [0.1, 0.15) is 32.6 Å². The van der Waals surface area contributed by atoms with E-state index < -0.39 is 10.0 Å². The summed E-state index contributed by atoms with van der Waals surface area (Å²) < 4.78 is 24.0. The van der Waals surface area contributed by atoms with E-state index in [2.05, 4.69) is 4.72 Å². The number of amides is 1. The average molecular weight is 248 g/mol. The van der Waals surface area contributed by atoms with Gasteiger partial charge in [0.25, 0.3) is 0 Å². The van der Waals surface area contributed by atoms with E-state index in [0.29, 0.717) is 6.04 Å². The van der Waals surface area contributed by atoms with Crippen molar-refractivity contribution in [1.82, 2.24) is 9.62 Å². The van der Waals surface area contributed by atoms with Crippen molar-refractivity contribution in [1.29, 1.82) is 0 Å². The van der Waals surface area contributed by atoms with Gasteiger partial charge in [-0.05, 0) is 26.2 Å². The minimum atomic E-state index is -3.18. The van der Waals surface area contributed by atoms with Gasteiger partial charge in [0, 0.05) is 25.6 Å². The molecule has 1 saturated heterocycles. The molecule has 1 fully saturated rings. The summed E-state index contributed by atoms with van der Waals surface area (Å²) >= 11 is 0. The van der Waals surface area contributed by atoms with Crippen LogP contribution in [0.3, 0.4) is 0 Å². The molecule has 0 aromatic rings. The van der Waals surface area contributed by atoms with E-state index in [1.54, 1.807) is 0 Å². The monoisotopic (exact) mass is 248 g/mol. The maximum absolute atomic E-state index is 11.8. The molecule has 1 aliphatic rings. The third kappa shape index (κ3) is 4.49. The second-order valence-electron chi connectivity index (χ2n) is 4.35. The van der Waals surface area contributed by atoms with Crippen LogP contribution in [0.4, 0.5) is 0 Å². The highest BCUT2D eigenvalue weighted by Crippen LogP contribution is 2.16. The van der Waals surface area contributed by atoms with Gasteiger partial charge in [-0.15, -0.1) is 0 Å².